The highest BCUT2D eigenvalue weighted by Crippen LogP contribution is 2.18. The lowest BCUT2D eigenvalue weighted by Gasteiger charge is -2.28. The van der Waals surface area contributed by atoms with Crippen LogP contribution in [0.4, 0.5) is 0 Å². The first-order chi connectivity index (χ1) is 7.00. The molecule has 15 heavy (non-hydrogen) atoms. The summed E-state index contributed by atoms with van der Waals surface area (Å²) in [6.07, 6.45) is 6.85. The van der Waals surface area contributed by atoms with Crippen LogP contribution >= 0.6 is 0 Å². The van der Waals surface area contributed by atoms with Gasteiger partial charge >= 0.3 is 0 Å². The summed E-state index contributed by atoms with van der Waals surface area (Å²) in [5, 5.41) is 3.55. The Balaban J connectivity index is 2.12. The molecule has 1 atom stereocenters. The summed E-state index contributed by atoms with van der Waals surface area (Å²) in [5.41, 5.74) is 0.342. The minimum atomic E-state index is 0.342. The summed E-state index contributed by atoms with van der Waals surface area (Å²) in [7, 11) is 0. The van der Waals surface area contributed by atoms with Crippen LogP contribution < -0.4 is 5.32 Å². The van der Waals surface area contributed by atoms with Crippen molar-refractivity contribution in [3.63, 3.8) is 0 Å². The van der Waals surface area contributed by atoms with Gasteiger partial charge in [0.2, 0.25) is 0 Å². The normalized spacial score (nSPS) is 14.1. The molecule has 0 radical (unpaired) electrons. The molecule has 1 aromatic rings. The number of aryl methyl sites for hydroxylation is 1. The molecule has 1 rings (SSSR count). The fourth-order valence-corrected chi connectivity index (χ4v) is 1.31. The zero-order chi connectivity index (χ0) is 11.3. The summed E-state index contributed by atoms with van der Waals surface area (Å²) < 4.78 is 2.11. The SMILES string of the molecule is CC(NCCCn1ccnc1)C(C)(C)C. The van der Waals surface area contributed by atoms with E-state index in [2.05, 4.69) is 42.6 Å². The lowest BCUT2D eigenvalue weighted by Crippen LogP contribution is -2.38. The molecule has 0 aromatic carbocycles. The van der Waals surface area contributed by atoms with Crippen LogP contribution in [0.25, 0.3) is 0 Å². The molecule has 0 amide bonds. The minimum Gasteiger partial charge on any atom is -0.337 e. The maximum Gasteiger partial charge on any atom is 0.0945 e. The smallest absolute Gasteiger partial charge is 0.0945 e. The fourth-order valence-electron chi connectivity index (χ4n) is 1.31. The Morgan fingerprint density at radius 1 is 1.40 bits per heavy atom. The Bertz CT molecular complexity index is 259. The molecule has 0 aliphatic rings. The Labute approximate surface area is 92.9 Å². The van der Waals surface area contributed by atoms with E-state index >= 15 is 0 Å². The molecule has 3 heteroatoms. The van der Waals surface area contributed by atoms with Gasteiger partial charge in [-0.3, -0.25) is 0 Å². The van der Waals surface area contributed by atoms with E-state index in [0.717, 1.165) is 19.5 Å². The zero-order valence-electron chi connectivity index (χ0n) is 10.3. The van der Waals surface area contributed by atoms with E-state index in [1.165, 1.54) is 0 Å². The van der Waals surface area contributed by atoms with Gasteiger partial charge in [-0.2, -0.15) is 0 Å². The first-order valence-corrected chi connectivity index (χ1v) is 5.69. The van der Waals surface area contributed by atoms with Crippen molar-refractivity contribution in [2.45, 2.75) is 46.7 Å². The molecule has 0 bridgehead atoms. The second-order valence-corrected chi connectivity index (χ2v) is 5.20. The molecule has 86 valence electrons. The van der Waals surface area contributed by atoms with E-state index in [-0.39, 0.29) is 0 Å². The number of hydrogen-bond donors (Lipinski definition) is 1. The van der Waals surface area contributed by atoms with E-state index in [0.29, 0.717) is 11.5 Å². The van der Waals surface area contributed by atoms with Gasteiger partial charge in [-0.15, -0.1) is 0 Å². The Hall–Kier alpha value is -0.830. The van der Waals surface area contributed by atoms with Crippen LogP contribution in [-0.4, -0.2) is 22.1 Å². The number of imidazole rings is 1. The zero-order valence-corrected chi connectivity index (χ0v) is 10.3. The highest BCUT2D eigenvalue weighted by Gasteiger charge is 2.18. The average Bonchev–Trinajstić information content (AvgIpc) is 2.63. The third-order valence-electron chi connectivity index (χ3n) is 2.90. The van der Waals surface area contributed by atoms with Crippen molar-refractivity contribution in [1.82, 2.24) is 14.9 Å². The van der Waals surface area contributed by atoms with Crippen LogP contribution in [0.3, 0.4) is 0 Å². The van der Waals surface area contributed by atoms with Crippen LogP contribution in [0.2, 0.25) is 0 Å². The summed E-state index contributed by atoms with van der Waals surface area (Å²) in [4.78, 5) is 4.02. The lowest BCUT2D eigenvalue weighted by atomic mass is 9.88. The molecular formula is C12H23N3. The van der Waals surface area contributed by atoms with Crippen LogP contribution in [0.5, 0.6) is 0 Å². The van der Waals surface area contributed by atoms with Gasteiger partial charge in [-0.05, 0) is 25.3 Å². The number of nitrogens with zero attached hydrogens (tertiary/aromatic N) is 2. The number of aromatic nitrogens is 2. The quantitative estimate of drug-likeness (QED) is 0.754. The largest absolute Gasteiger partial charge is 0.337 e. The van der Waals surface area contributed by atoms with Crippen LogP contribution in [0.15, 0.2) is 18.7 Å². The Morgan fingerprint density at radius 2 is 2.13 bits per heavy atom. The molecule has 0 fully saturated rings. The topological polar surface area (TPSA) is 29.9 Å². The van der Waals surface area contributed by atoms with Gasteiger partial charge in [-0.25, -0.2) is 4.98 Å². The van der Waals surface area contributed by atoms with Crippen molar-refractivity contribution in [3.05, 3.63) is 18.7 Å². The second kappa shape index (κ2) is 5.31. The van der Waals surface area contributed by atoms with Crippen molar-refractivity contribution >= 4 is 0 Å². The summed E-state index contributed by atoms with van der Waals surface area (Å²) in [6, 6.07) is 0.556. The monoisotopic (exact) mass is 209 g/mol. The molecule has 1 heterocycles. The molecule has 0 saturated heterocycles. The van der Waals surface area contributed by atoms with Gasteiger partial charge in [0.25, 0.3) is 0 Å². The van der Waals surface area contributed by atoms with E-state index < -0.39 is 0 Å². The maximum atomic E-state index is 4.02. The predicted octanol–water partition coefficient (Wildman–Crippen LogP) is 2.30. The highest BCUT2D eigenvalue weighted by atomic mass is 15.0. The maximum absolute atomic E-state index is 4.02. The second-order valence-electron chi connectivity index (χ2n) is 5.20. The third kappa shape index (κ3) is 4.47. The van der Waals surface area contributed by atoms with Crippen molar-refractivity contribution < 1.29 is 0 Å². The van der Waals surface area contributed by atoms with Gasteiger partial charge in [0.05, 0.1) is 6.33 Å². The molecule has 0 aliphatic heterocycles. The predicted molar refractivity (Wildman–Crippen MR) is 63.8 cm³/mol. The van der Waals surface area contributed by atoms with Gasteiger partial charge in [0.1, 0.15) is 0 Å². The van der Waals surface area contributed by atoms with E-state index in [9.17, 15) is 0 Å². The number of rotatable bonds is 5. The molecule has 1 unspecified atom stereocenters. The van der Waals surface area contributed by atoms with Gasteiger partial charge in [0, 0.05) is 25.0 Å². The Kier molecular flexibility index (Phi) is 4.33. The third-order valence-corrected chi connectivity index (χ3v) is 2.90. The molecule has 0 aliphatic carbocycles. The first-order valence-electron chi connectivity index (χ1n) is 5.69. The first kappa shape index (κ1) is 12.2. The number of hydrogen-bond acceptors (Lipinski definition) is 2. The van der Waals surface area contributed by atoms with Gasteiger partial charge in [-0.1, -0.05) is 20.8 Å². The Morgan fingerprint density at radius 3 is 2.67 bits per heavy atom. The molecule has 1 aromatic heterocycles. The van der Waals surface area contributed by atoms with E-state index in [1.807, 2.05) is 18.7 Å². The van der Waals surface area contributed by atoms with Crippen LogP contribution in [-0.2, 0) is 6.54 Å². The molecule has 1 N–H and O–H groups in total. The lowest BCUT2D eigenvalue weighted by molar-refractivity contribution is 0.284. The molecule has 0 saturated carbocycles. The summed E-state index contributed by atoms with van der Waals surface area (Å²) in [6.45, 7) is 11.2. The van der Waals surface area contributed by atoms with Crippen molar-refractivity contribution in [1.29, 1.82) is 0 Å². The van der Waals surface area contributed by atoms with E-state index in [1.54, 1.807) is 0 Å². The average molecular weight is 209 g/mol. The minimum absolute atomic E-state index is 0.342. The van der Waals surface area contributed by atoms with Crippen LogP contribution in [0.1, 0.15) is 34.1 Å². The standard InChI is InChI=1S/C12H23N3/c1-11(12(2,3)4)14-6-5-8-15-9-7-13-10-15/h7,9-11,14H,5-6,8H2,1-4H3. The van der Waals surface area contributed by atoms with Crippen molar-refractivity contribution in [2.75, 3.05) is 6.54 Å². The van der Waals surface area contributed by atoms with Crippen molar-refractivity contribution in [2.24, 2.45) is 5.41 Å². The van der Waals surface area contributed by atoms with Gasteiger partial charge in [0.15, 0.2) is 0 Å². The summed E-state index contributed by atoms with van der Waals surface area (Å²) in [5.74, 6) is 0. The highest BCUT2D eigenvalue weighted by molar-refractivity contribution is 4.77. The summed E-state index contributed by atoms with van der Waals surface area (Å²) >= 11 is 0. The fraction of sp³-hybridized carbons (Fsp3) is 0.750. The van der Waals surface area contributed by atoms with Crippen LogP contribution in [0, 0.1) is 5.41 Å². The molecular weight excluding hydrogens is 186 g/mol. The van der Waals surface area contributed by atoms with Crippen molar-refractivity contribution in [3.8, 4) is 0 Å². The molecule has 0 spiro atoms. The van der Waals surface area contributed by atoms with E-state index in [4.69, 9.17) is 0 Å². The van der Waals surface area contributed by atoms with Gasteiger partial charge < -0.3 is 9.88 Å². The number of nitrogens with one attached hydrogen (secondary N) is 1. The molecule has 3 nitrogen and oxygen atoms in total.